The van der Waals surface area contributed by atoms with E-state index in [2.05, 4.69) is 5.32 Å². The Morgan fingerprint density at radius 3 is 2.62 bits per heavy atom. The second-order valence-corrected chi connectivity index (χ2v) is 3.43. The maximum absolute atomic E-state index is 10.9. The van der Waals surface area contributed by atoms with E-state index in [1.54, 1.807) is 7.05 Å². The molecule has 0 saturated heterocycles. The summed E-state index contributed by atoms with van der Waals surface area (Å²) in [6.07, 6.45) is 1.17. The summed E-state index contributed by atoms with van der Waals surface area (Å²) in [5, 5.41) is 11.4. The Labute approximate surface area is 95.2 Å². The first-order chi connectivity index (χ1) is 7.76. The van der Waals surface area contributed by atoms with Crippen molar-refractivity contribution in [1.82, 2.24) is 5.32 Å². The fraction of sp³-hybridized carbons (Fsp3) is 0.417. The standard InChI is InChI=1S/C12H17NO3/c1-13-12(15)3-2-8-16-11-6-4-10(9-14)5-7-11/h4-7,14H,2-3,8-9H2,1H3,(H,13,15). The molecular formula is C12H17NO3. The monoisotopic (exact) mass is 223 g/mol. The second-order valence-electron chi connectivity index (χ2n) is 3.43. The van der Waals surface area contributed by atoms with E-state index in [-0.39, 0.29) is 12.5 Å². The molecule has 2 N–H and O–H groups in total. The van der Waals surface area contributed by atoms with Gasteiger partial charge in [0.25, 0.3) is 0 Å². The van der Waals surface area contributed by atoms with Gasteiger partial charge < -0.3 is 15.2 Å². The summed E-state index contributed by atoms with van der Waals surface area (Å²) >= 11 is 0. The van der Waals surface area contributed by atoms with E-state index in [4.69, 9.17) is 9.84 Å². The van der Waals surface area contributed by atoms with Crippen molar-refractivity contribution in [1.29, 1.82) is 0 Å². The van der Waals surface area contributed by atoms with Gasteiger partial charge in [0, 0.05) is 13.5 Å². The number of aliphatic hydroxyl groups excluding tert-OH is 1. The molecule has 1 amide bonds. The minimum Gasteiger partial charge on any atom is -0.494 e. The van der Waals surface area contributed by atoms with E-state index >= 15 is 0 Å². The van der Waals surface area contributed by atoms with Crippen LogP contribution in [0.15, 0.2) is 24.3 Å². The second kappa shape index (κ2) is 6.85. The summed E-state index contributed by atoms with van der Waals surface area (Å²) in [4.78, 5) is 10.9. The molecule has 0 aromatic heterocycles. The Kier molecular flexibility index (Phi) is 5.36. The summed E-state index contributed by atoms with van der Waals surface area (Å²) in [5.74, 6) is 0.785. The molecule has 4 heteroatoms. The zero-order chi connectivity index (χ0) is 11.8. The van der Waals surface area contributed by atoms with Gasteiger partial charge >= 0.3 is 0 Å². The number of benzene rings is 1. The van der Waals surface area contributed by atoms with Gasteiger partial charge in [0.15, 0.2) is 0 Å². The van der Waals surface area contributed by atoms with Gasteiger partial charge in [-0.1, -0.05) is 12.1 Å². The predicted octanol–water partition coefficient (Wildman–Crippen LogP) is 1.08. The van der Waals surface area contributed by atoms with Crippen LogP contribution in [-0.4, -0.2) is 24.7 Å². The largest absolute Gasteiger partial charge is 0.494 e. The highest BCUT2D eigenvalue weighted by Crippen LogP contribution is 2.12. The fourth-order valence-electron chi connectivity index (χ4n) is 1.24. The number of carbonyl (C=O) groups excluding carboxylic acids is 1. The lowest BCUT2D eigenvalue weighted by atomic mass is 10.2. The van der Waals surface area contributed by atoms with Gasteiger partial charge in [-0.05, 0) is 24.1 Å². The van der Waals surface area contributed by atoms with E-state index in [0.29, 0.717) is 19.4 Å². The molecule has 4 nitrogen and oxygen atoms in total. The molecule has 0 aliphatic carbocycles. The highest BCUT2D eigenvalue weighted by Gasteiger charge is 1.98. The molecule has 1 rings (SSSR count). The van der Waals surface area contributed by atoms with Crippen molar-refractivity contribution in [3.8, 4) is 5.75 Å². The molecule has 0 atom stereocenters. The van der Waals surface area contributed by atoms with Crippen LogP contribution in [-0.2, 0) is 11.4 Å². The van der Waals surface area contributed by atoms with Crippen LogP contribution in [0.25, 0.3) is 0 Å². The van der Waals surface area contributed by atoms with Gasteiger partial charge in [-0.25, -0.2) is 0 Å². The van der Waals surface area contributed by atoms with E-state index in [1.165, 1.54) is 0 Å². The molecular weight excluding hydrogens is 206 g/mol. The number of hydrogen-bond acceptors (Lipinski definition) is 3. The molecule has 1 aromatic rings. The van der Waals surface area contributed by atoms with E-state index in [0.717, 1.165) is 11.3 Å². The third-order valence-corrected chi connectivity index (χ3v) is 2.20. The maximum Gasteiger partial charge on any atom is 0.219 e. The van der Waals surface area contributed by atoms with Crippen molar-refractivity contribution in [2.75, 3.05) is 13.7 Å². The Hall–Kier alpha value is -1.55. The van der Waals surface area contributed by atoms with Gasteiger partial charge in [0.1, 0.15) is 5.75 Å². The van der Waals surface area contributed by atoms with Crippen LogP contribution >= 0.6 is 0 Å². The highest BCUT2D eigenvalue weighted by atomic mass is 16.5. The van der Waals surface area contributed by atoms with Crippen LogP contribution in [0.1, 0.15) is 18.4 Å². The lowest BCUT2D eigenvalue weighted by molar-refractivity contribution is -0.120. The lowest BCUT2D eigenvalue weighted by Crippen LogP contribution is -2.18. The Balaban J connectivity index is 2.24. The first kappa shape index (κ1) is 12.5. The molecule has 0 radical (unpaired) electrons. The van der Waals surface area contributed by atoms with Crippen molar-refractivity contribution in [2.24, 2.45) is 0 Å². The average molecular weight is 223 g/mol. The number of ether oxygens (including phenoxy) is 1. The normalized spacial score (nSPS) is 9.88. The molecule has 0 aliphatic heterocycles. The zero-order valence-electron chi connectivity index (χ0n) is 9.40. The summed E-state index contributed by atoms with van der Waals surface area (Å²) in [6, 6.07) is 7.25. The Morgan fingerprint density at radius 1 is 1.38 bits per heavy atom. The quantitative estimate of drug-likeness (QED) is 0.710. The number of hydrogen-bond donors (Lipinski definition) is 2. The van der Waals surface area contributed by atoms with Crippen LogP contribution in [0.4, 0.5) is 0 Å². The minimum atomic E-state index is 0.0271. The summed E-state index contributed by atoms with van der Waals surface area (Å²) in [7, 11) is 1.62. The van der Waals surface area contributed by atoms with Gasteiger partial charge in [0.2, 0.25) is 5.91 Å². The van der Waals surface area contributed by atoms with Gasteiger partial charge in [-0.15, -0.1) is 0 Å². The van der Waals surface area contributed by atoms with Gasteiger partial charge in [-0.2, -0.15) is 0 Å². The summed E-state index contributed by atoms with van der Waals surface area (Å²) < 4.78 is 5.44. The third kappa shape index (κ3) is 4.31. The van der Waals surface area contributed by atoms with Gasteiger partial charge in [-0.3, -0.25) is 4.79 Å². The van der Waals surface area contributed by atoms with Crippen LogP contribution in [0.3, 0.4) is 0 Å². The molecule has 0 bridgehead atoms. The molecule has 0 aliphatic rings. The van der Waals surface area contributed by atoms with Crippen molar-refractivity contribution in [3.63, 3.8) is 0 Å². The topological polar surface area (TPSA) is 58.6 Å². The predicted molar refractivity (Wildman–Crippen MR) is 61.2 cm³/mol. The van der Waals surface area contributed by atoms with E-state index < -0.39 is 0 Å². The van der Waals surface area contributed by atoms with Gasteiger partial charge in [0.05, 0.1) is 13.2 Å². The van der Waals surface area contributed by atoms with Crippen LogP contribution in [0.5, 0.6) is 5.75 Å². The highest BCUT2D eigenvalue weighted by molar-refractivity contribution is 5.75. The van der Waals surface area contributed by atoms with Crippen molar-refractivity contribution < 1.29 is 14.6 Å². The number of amides is 1. The minimum absolute atomic E-state index is 0.0271. The zero-order valence-corrected chi connectivity index (χ0v) is 9.40. The Bertz CT molecular complexity index is 322. The van der Waals surface area contributed by atoms with Crippen molar-refractivity contribution in [2.45, 2.75) is 19.4 Å². The number of aliphatic hydroxyl groups is 1. The summed E-state index contributed by atoms with van der Waals surface area (Å²) in [6.45, 7) is 0.558. The molecule has 16 heavy (non-hydrogen) atoms. The fourth-order valence-corrected chi connectivity index (χ4v) is 1.24. The molecule has 0 spiro atoms. The van der Waals surface area contributed by atoms with Crippen molar-refractivity contribution in [3.05, 3.63) is 29.8 Å². The van der Waals surface area contributed by atoms with E-state index in [9.17, 15) is 4.79 Å². The van der Waals surface area contributed by atoms with E-state index in [1.807, 2.05) is 24.3 Å². The van der Waals surface area contributed by atoms with Crippen LogP contribution in [0.2, 0.25) is 0 Å². The number of nitrogens with one attached hydrogen (secondary N) is 1. The molecule has 1 aromatic carbocycles. The van der Waals surface area contributed by atoms with Crippen LogP contribution < -0.4 is 10.1 Å². The SMILES string of the molecule is CNC(=O)CCCOc1ccc(CO)cc1. The smallest absolute Gasteiger partial charge is 0.219 e. The Morgan fingerprint density at radius 2 is 2.06 bits per heavy atom. The lowest BCUT2D eigenvalue weighted by Gasteiger charge is -2.06. The van der Waals surface area contributed by atoms with Crippen molar-refractivity contribution >= 4 is 5.91 Å². The first-order valence-electron chi connectivity index (χ1n) is 5.29. The maximum atomic E-state index is 10.9. The summed E-state index contributed by atoms with van der Waals surface area (Å²) in [5.41, 5.74) is 0.859. The van der Waals surface area contributed by atoms with Crippen LogP contribution in [0, 0.1) is 0 Å². The average Bonchev–Trinajstić information content (AvgIpc) is 2.35. The molecule has 0 heterocycles. The third-order valence-electron chi connectivity index (χ3n) is 2.20. The molecule has 88 valence electrons. The number of carbonyl (C=O) groups is 1. The molecule has 0 saturated carbocycles. The molecule has 0 unspecified atom stereocenters. The number of rotatable bonds is 6. The first-order valence-corrected chi connectivity index (χ1v) is 5.29. The molecule has 0 fully saturated rings.